The van der Waals surface area contributed by atoms with Crippen LogP contribution >= 0.6 is 36.4 Å². The Balaban J connectivity index is 1.72. The highest BCUT2D eigenvalue weighted by Crippen LogP contribution is 2.16. The molecule has 1 amide bonds. The molecule has 0 fully saturated rings. The number of nitrogens with one attached hydrogen (secondary N) is 4. The SMILES string of the molecule is NS(=O)(=O)c1ccc(NC(S)CC(=O)CC(=O)NNC(=S)Nc2ccc(Cl)cc2)cc1. The first kappa shape index (κ1) is 24.9. The zero-order chi connectivity index (χ0) is 23.0. The predicted octanol–water partition coefficient (Wildman–Crippen LogP) is 2.02. The number of carbonyl (C=O) groups is 2. The number of amides is 1. The van der Waals surface area contributed by atoms with E-state index in [4.69, 9.17) is 29.0 Å². The first-order chi connectivity index (χ1) is 14.5. The molecule has 0 aliphatic heterocycles. The molecule has 0 radical (unpaired) electrons. The number of Topliss-reactive ketones (excluding diaryl/α,β-unsaturated/α-hetero) is 1. The maximum atomic E-state index is 12.1. The van der Waals surface area contributed by atoms with Gasteiger partial charge >= 0.3 is 0 Å². The van der Waals surface area contributed by atoms with Gasteiger partial charge in [0.15, 0.2) is 5.11 Å². The summed E-state index contributed by atoms with van der Waals surface area (Å²) in [5.74, 6) is -0.923. The van der Waals surface area contributed by atoms with Gasteiger partial charge in [0.05, 0.1) is 16.7 Å². The molecular formula is C18H20ClN5O4S3. The monoisotopic (exact) mass is 501 g/mol. The van der Waals surface area contributed by atoms with Crippen molar-refractivity contribution >= 4 is 74.6 Å². The van der Waals surface area contributed by atoms with Gasteiger partial charge in [0, 0.05) is 22.8 Å². The highest BCUT2D eigenvalue weighted by molar-refractivity contribution is 7.89. The van der Waals surface area contributed by atoms with Crippen LogP contribution in [-0.2, 0) is 19.6 Å². The average Bonchev–Trinajstić information content (AvgIpc) is 2.67. The number of primary sulfonamides is 1. The Morgan fingerprint density at radius 2 is 1.61 bits per heavy atom. The molecule has 1 atom stereocenters. The van der Waals surface area contributed by atoms with Crippen LogP contribution in [0.1, 0.15) is 12.8 Å². The third-order valence-corrected chi connectivity index (χ3v) is 5.41. The number of carbonyl (C=O) groups excluding carboxylic acids is 2. The fraction of sp³-hybridized carbons (Fsp3) is 0.167. The van der Waals surface area contributed by atoms with Crippen LogP contribution in [0.2, 0.25) is 5.02 Å². The van der Waals surface area contributed by atoms with Crippen molar-refractivity contribution in [3.63, 3.8) is 0 Å². The average molecular weight is 502 g/mol. The third-order valence-electron chi connectivity index (χ3n) is 3.71. The van der Waals surface area contributed by atoms with Gasteiger partial charge in [-0.3, -0.25) is 20.4 Å². The molecule has 0 spiro atoms. The number of hydrogen-bond acceptors (Lipinski definition) is 7. The number of thiocarbonyl (C=S) groups is 1. The molecule has 31 heavy (non-hydrogen) atoms. The van der Waals surface area contributed by atoms with Crippen molar-refractivity contribution < 1.29 is 18.0 Å². The van der Waals surface area contributed by atoms with E-state index in [0.717, 1.165) is 0 Å². The molecule has 0 bridgehead atoms. The smallest absolute Gasteiger partial charge is 0.245 e. The molecule has 1 unspecified atom stereocenters. The molecule has 0 saturated heterocycles. The normalized spacial score (nSPS) is 11.8. The lowest BCUT2D eigenvalue weighted by Gasteiger charge is -2.14. The lowest BCUT2D eigenvalue weighted by molar-refractivity contribution is -0.128. The Bertz CT molecular complexity index is 1050. The van der Waals surface area contributed by atoms with E-state index in [1.165, 1.54) is 24.3 Å². The number of nitrogens with two attached hydrogens (primary N) is 1. The quantitative estimate of drug-likeness (QED) is 0.106. The van der Waals surface area contributed by atoms with Crippen molar-refractivity contribution in [1.82, 2.24) is 10.9 Å². The van der Waals surface area contributed by atoms with E-state index in [-0.39, 0.29) is 28.6 Å². The molecule has 2 aromatic carbocycles. The van der Waals surface area contributed by atoms with Gasteiger partial charge in [0.25, 0.3) is 0 Å². The summed E-state index contributed by atoms with van der Waals surface area (Å²) in [6.07, 6.45) is -0.416. The molecule has 0 heterocycles. The van der Waals surface area contributed by atoms with Gasteiger partial charge in [-0.05, 0) is 60.7 Å². The number of benzene rings is 2. The second-order valence-electron chi connectivity index (χ2n) is 6.28. The van der Waals surface area contributed by atoms with E-state index >= 15 is 0 Å². The highest BCUT2D eigenvalue weighted by atomic mass is 35.5. The summed E-state index contributed by atoms with van der Waals surface area (Å²) < 4.78 is 22.5. The molecule has 0 aromatic heterocycles. The van der Waals surface area contributed by atoms with Gasteiger partial charge < -0.3 is 10.6 Å². The van der Waals surface area contributed by atoms with Crippen molar-refractivity contribution in [3.8, 4) is 0 Å². The Kier molecular flexibility index (Phi) is 9.07. The first-order valence-electron chi connectivity index (χ1n) is 8.73. The number of rotatable bonds is 8. The van der Waals surface area contributed by atoms with E-state index in [2.05, 4.69) is 34.1 Å². The Labute approximate surface area is 195 Å². The lowest BCUT2D eigenvalue weighted by Crippen LogP contribution is -2.44. The van der Waals surface area contributed by atoms with E-state index in [1.54, 1.807) is 24.3 Å². The van der Waals surface area contributed by atoms with E-state index < -0.39 is 21.3 Å². The molecule has 166 valence electrons. The van der Waals surface area contributed by atoms with Crippen LogP contribution in [0.4, 0.5) is 11.4 Å². The van der Waals surface area contributed by atoms with Crippen LogP contribution in [-0.4, -0.2) is 30.6 Å². The summed E-state index contributed by atoms with van der Waals surface area (Å²) in [6.45, 7) is 0. The highest BCUT2D eigenvalue weighted by Gasteiger charge is 2.15. The van der Waals surface area contributed by atoms with Crippen LogP contribution in [0.3, 0.4) is 0 Å². The second-order valence-corrected chi connectivity index (χ2v) is 9.31. The molecule has 0 aliphatic carbocycles. The van der Waals surface area contributed by atoms with Gasteiger partial charge in [-0.2, -0.15) is 12.6 Å². The minimum Gasteiger partial charge on any atom is -0.373 e. The predicted molar refractivity (Wildman–Crippen MR) is 127 cm³/mol. The van der Waals surface area contributed by atoms with Gasteiger partial charge in [0.1, 0.15) is 5.78 Å². The van der Waals surface area contributed by atoms with Crippen LogP contribution in [0, 0.1) is 0 Å². The van der Waals surface area contributed by atoms with Gasteiger partial charge in [-0.15, -0.1) is 0 Å². The standard InChI is InChI=1S/C18H20ClN5O4S3/c19-11-1-3-13(4-2-11)22-18(30)24-23-16(26)9-14(25)10-17(29)21-12-5-7-15(8-6-12)31(20,27)28/h1-8,17,21,29H,9-10H2,(H,23,26)(H2,20,27,28)(H2,22,24,30). The summed E-state index contributed by atoms with van der Waals surface area (Å²) in [4.78, 5) is 24.0. The molecule has 13 heteroatoms. The van der Waals surface area contributed by atoms with Crippen LogP contribution in [0.15, 0.2) is 53.4 Å². The molecule has 2 rings (SSSR count). The minimum atomic E-state index is -3.78. The van der Waals surface area contributed by atoms with Gasteiger partial charge in [-0.1, -0.05) is 11.6 Å². The lowest BCUT2D eigenvalue weighted by atomic mass is 10.2. The molecule has 9 nitrogen and oxygen atoms in total. The number of sulfonamides is 1. The van der Waals surface area contributed by atoms with Crippen LogP contribution in [0.5, 0.6) is 0 Å². The Morgan fingerprint density at radius 1 is 1.03 bits per heavy atom. The molecule has 6 N–H and O–H groups in total. The largest absolute Gasteiger partial charge is 0.373 e. The molecule has 0 aliphatic rings. The van der Waals surface area contributed by atoms with Crippen LogP contribution < -0.4 is 26.6 Å². The number of halogens is 1. The van der Waals surface area contributed by atoms with E-state index in [0.29, 0.717) is 16.4 Å². The summed E-state index contributed by atoms with van der Waals surface area (Å²) >= 11 is 15.1. The van der Waals surface area contributed by atoms with Crippen molar-refractivity contribution in [2.75, 3.05) is 10.6 Å². The second kappa shape index (κ2) is 11.3. The van der Waals surface area contributed by atoms with Gasteiger partial charge in [0.2, 0.25) is 15.9 Å². The topological polar surface area (TPSA) is 142 Å². The Hall–Kier alpha value is -2.38. The fourth-order valence-corrected chi connectivity index (χ4v) is 3.48. The van der Waals surface area contributed by atoms with Crippen molar-refractivity contribution in [2.45, 2.75) is 23.1 Å². The summed E-state index contributed by atoms with van der Waals surface area (Å²) in [6, 6.07) is 12.5. The molecule has 2 aromatic rings. The maximum Gasteiger partial charge on any atom is 0.245 e. The summed E-state index contributed by atoms with van der Waals surface area (Å²) in [5, 5.41) is 10.9. The van der Waals surface area contributed by atoms with Crippen molar-refractivity contribution in [3.05, 3.63) is 53.6 Å². The van der Waals surface area contributed by atoms with Crippen molar-refractivity contribution in [1.29, 1.82) is 0 Å². The Morgan fingerprint density at radius 3 is 2.19 bits per heavy atom. The minimum absolute atomic E-state index is 0.0301. The van der Waals surface area contributed by atoms with Crippen LogP contribution in [0.25, 0.3) is 0 Å². The number of hydrazine groups is 1. The zero-order valence-corrected chi connectivity index (χ0v) is 19.2. The third kappa shape index (κ3) is 9.11. The number of ketones is 1. The fourth-order valence-electron chi connectivity index (χ4n) is 2.32. The van der Waals surface area contributed by atoms with Gasteiger partial charge in [-0.25, -0.2) is 13.6 Å². The van der Waals surface area contributed by atoms with Crippen molar-refractivity contribution in [2.24, 2.45) is 5.14 Å². The summed E-state index contributed by atoms with van der Waals surface area (Å²) in [5.41, 5.74) is 6.06. The number of anilines is 2. The molecule has 0 saturated carbocycles. The summed E-state index contributed by atoms with van der Waals surface area (Å²) in [7, 11) is -3.78. The molecular weight excluding hydrogens is 482 g/mol. The zero-order valence-electron chi connectivity index (χ0n) is 16.0. The van der Waals surface area contributed by atoms with E-state index in [1.807, 2.05) is 0 Å². The maximum absolute atomic E-state index is 12.1. The number of thiol groups is 1. The number of hydrogen-bond donors (Lipinski definition) is 6. The van der Waals surface area contributed by atoms with E-state index in [9.17, 15) is 18.0 Å². The first-order valence-corrected chi connectivity index (χ1v) is 11.6.